The number of carbonyl (C=O) groups excluding carboxylic acids is 1. The van der Waals surface area contributed by atoms with Crippen molar-refractivity contribution in [1.82, 2.24) is 10.3 Å². The van der Waals surface area contributed by atoms with Crippen LogP contribution in [0.1, 0.15) is 23.7 Å². The zero-order valence-electron chi connectivity index (χ0n) is 10.8. The molecule has 0 fully saturated rings. The van der Waals surface area contributed by atoms with Gasteiger partial charge in [0.1, 0.15) is 17.6 Å². The van der Waals surface area contributed by atoms with Crippen LogP contribution >= 0.6 is 11.8 Å². The quantitative estimate of drug-likeness (QED) is 0.604. The van der Waals surface area contributed by atoms with E-state index in [4.69, 9.17) is 5.73 Å². The van der Waals surface area contributed by atoms with Crippen LogP contribution in [0.4, 0.5) is 11.5 Å². The van der Waals surface area contributed by atoms with E-state index in [-0.39, 0.29) is 23.1 Å². The summed E-state index contributed by atoms with van der Waals surface area (Å²) in [6, 6.07) is 1.19. The maximum absolute atomic E-state index is 12.1. The van der Waals surface area contributed by atoms with Crippen molar-refractivity contribution in [1.29, 1.82) is 0 Å². The number of nitro groups is 1. The van der Waals surface area contributed by atoms with Crippen LogP contribution in [0, 0.1) is 10.1 Å². The molecular formula is C11H16N4O3S. The summed E-state index contributed by atoms with van der Waals surface area (Å²) in [6.45, 7) is 1.94. The Bertz CT molecular complexity index is 481. The maximum atomic E-state index is 12.1. The molecule has 7 nitrogen and oxygen atoms in total. The van der Waals surface area contributed by atoms with Crippen LogP contribution in [0.15, 0.2) is 12.3 Å². The largest absolute Gasteiger partial charge is 0.384 e. The first-order valence-corrected chi connectivity index (χ1v) is 7.08. The highest BCUT2D eigenvalue weighted by Gasteiger charge is 2.22. The maximum Gasteiger partial charge on any atom is 0.300 e. The highest BCUT2D eigenvalue weighted by molar-refractivity contribution is 7.98. The second-order valence-corrected chi connectivity index (χ2v) is 4.83. The van der Waals surface area contributed by atoms with Gasteiger partial charge in [-0.3, -0.25) is 14.9 Å². The highest BCUT2D eigenvalue weighted by Crippen LogP contribution is 2.19. The molecule has 0 aliphatic heterocycles. The van der Waals surface area contributed by atoms with Crippen LogP contribution in [0.3, 0.4) is 0 Å². The van der Waals surface area contributed by atoms with Crippen molar-refractivity contribution in [3.8, 4) is 0 Å². The first-order chi connectivity index (χ1) is 8.99. The molecule has 1 atom stereocenters. The average molecular weight is 284 g/mol. The Labute approximate surface area is 115 Å². The first kappa shape index (κ1) is 15.2. The van der Waals surface area contributed by atoms with Gasteiger partial charge in [-0.1, -0.05) is 6.92 Å². The number of anilines is 1. The molecule has 0 bridgehead atoms. The first-order valence-electron chi connectivity index (χ1n) is 5.69. The van der Waals surface area contributed by atoms with Gasteiger partial charge in [0.15, 0.2) is 0 Å². The Hall–Kier alpha value is -1.83. The third-order valence-corrected chi connectivity index (χ3v) is 3.28. The van der Waals surface area contributed by atoms with Crippen molar-refractivity contribution >= 4 is 29.2 Å². The Morgan fingerprint density at radius 2 is 2.37 bits per heavy atom. The Morgan fingerprint density at radius 1 is 1.68 bits per heavy atom. The molecule has 0 radical (unpaired) electrons. The fourth-order valence-corrected chi connectivity index (χ4v) is 2.24. The minimum atomic E-state index is -0.642. The van der Waals surface area contributed by atoms with E-state index < -0.39 is 10.8 Å². The van der Waals surface area contributed by atoms with E-state index in [2.05, 4.69) is 10.3 Å². The van der Waals surface area contributed by atoms with Crippen molar-refractivity contribution < 1.29 is 9.72 Å². The number of amides is 1. The lowest BCUT2D eigenvalue weighted by Gasteiger charge is -2.15. The molecule has 1 heterocycles. The third-order valence-electron chi connectivity index (χ3n) is 2.54. The molecule has 19 heavy (non-hydrogen) atoms. The minimum absolute atomic E-state index is 0.0310. The number of nitrogens with one attached hydrogen (secondary N) is 1. The number of hydrogen-bond acceptors (Lipinski definition) is 6. The molecule has 1 aromatic heterocycles. The predicted molar refractivity (Wildman–Crippen MR) is 75.2 cm³/mol. The summed E-state index contributed by atoms with van der Waals surface area (Å²) >= 11 is 1.60. The Balaban J connectivity index is 2.98. The van der Waals surface area contributed by atoms with E-state index in [0.717, 1.165) is 18.4 Å². The van der Waals surface area contributed by atoms with Crippen LogP contribution in [-0.4, -0.2) is 33.9 Å². The minimum Gasteiger partial charge on any atom is -0.384 e. The van der Waals surface area contributed by atoms with Gasteiger partial charge >= 0.3 is 0 Å². The lowest BCUT2D eigenvalue weighted by molar-refractivity contribution is -0.385. The molecular weight excluding hydrogens is 268 g/mol. The summed E-state index contributed by atoms with van der Waals surface area (Å²) in [7, 11) is 0. The second-order valence-electron chi connectivity index (χ2n) is 3.92. The zero-order chi connectivity index (χ0) is 14.4. The molecule has 1 amide bonds. The molecule has 0 saturated heterocycles. The molecule has 1 rings (SSSR count). The molecule has 104 valence electrons. The van der Waals surface area contributed by atoms with Gasteiger partial charge < -0.3 is 11.1 Å². The highest BCUT2D eigenvalue weighted by atomic mass is 32.2. The lowest BCUT2D eigenvalue weighted by atomic mass is 10.2. The van der Waals surface area contributed by atoms with Gasteiger partial charge in [0.2, 0.25) is 0 Å². The van der Waals surface area contributed by atoms with Gasteiger partial charge in [-0.05, 0) is 18.7 Å². The summed E-state index contributed by atoms with van der Waals surface area (Å²) in [5.74, 6) is 0.326. The van der Waals surface area contributed by atoms with E-state index in [9.17, 15) is 14.9 Å². The topological polar surface area (TPSA) is 111 Å². The molecule has 0 aromatic carbocycles. The van der Waals surface area contributed by atoms with Crippen LogP contribution < -0.4 is 11.1 Å². The predicted octanol–water partition coefficient (Wildman–Crippen LogP) is 1.44. The number of hydrogen-bond donors (Lipinski definition) is 2. The molecule has 0 aliphatic carbocycles. The Morgan fingerprint density at radius 3 is 2.89 bits per heavy atom. The van der Waals surface area contributed by atoms with E-state index in [1.165, 1.54) is 6.07 Å². The number of carbonyl (C=O) groups is 1. The van der Waals surface area contributed by atoms with E-state index >= 15 is 0 Å². The van der Waals surface area contributed by atoms with Crippen molar-refractivity contribution in [2.24, 2.45) is 0 Å². The van der Waals surface area contributed by atoms with Gasteiger partial charge in [0.05, 0.1) is 4.92 Å². The smallest absolute Gasteiger partial charge is 0.300 e. The summed E-state index contributed by atoms with van der Waals surface area (Å²) in [4.78, 5) is 25.9. The molecule has 0 saturated carbocycles. The fourth-order valence-electron chi connectivity index (χ4n) is 1.52. The number of nitrogens with zero attached hydrogens (tertiary/aromatic N) is 2. The number of nitrogens with two attached hydrogens (primary N) is 1. The number of pyridine rings is 1. The molecule has 8 heteroatoms. The molecule has 0 spiro atoms. The average Bonchev–Trinajstić information content (AvgIpc) is 2.37. The van der Waals surface area contributed by atoms with Crippen LogP contribution in [0.5, 0.6) is 0 Å². The van der Waals surface area contributed by atoms with Gasteiger partial charge in [-0.15, -0.1) is 0 Å². The van der Waals surface area contributed by atoms with Crippen molar-refractivity contribution in [3.63, 3.8) is 0 Å². The van der Waals surface area contributed by atoms with Gasteiger partial charge in [-0.2, -0.15) is 11.8 Å². The summed E-state index contributed by atoms with van der Waals surface area (Å²) < 4.78 is 0. The number of aromatic nitrogens is 1. The summed E-state index contributed by atoms with van der Waals surface area (Å²) in [5.41, 5.74) is 5.07. The van der Waals surface area contributed by atoms with E-state index in [0.29, 0.717) is 0 Å². The number of nitrogen functional groups attached to an aromatic ring is 1. The molecule has 0 aliphatic rings. The SMILES string of the molecule is CCC(CSC)NC(=O)c1cc(N)ncc1[N+](=O)[O-]. The van der Waals surface area contributed by atoms with Crippen LogP contribution in [-0.2, 0) is 0 Å². The van der Waals surface area contributed by atoms with Crippen LogP contribution in [0.25, 0.3) is 0 Å². The van der Waals surface area contributed by atoms with Gasteiger partial charge in [-0.25, -0.2) is 4.98 Å². The van der Waals surface area contributed by atoms with Crippen LogP contribution in [0.2, 0.25) is 0 Å². The second kappa shape index (κ2) is 6.93. The monoisotopic (exact) mass is 284 g/mol. The normalized spacial score (nSPS) is 11.9. The molecule has 3 N–H and O–H groups in total. The van der Waals surface area contributed by atoms with E-state index in [1.54, 1.807) is 11.8 Å². The summed E-state index contributed by atoms with van der Waals surface area (Å²) in [6.07, 6.45) is 3.68. The van der Waals surface area contributed by atoms with Gasteiger partial charge in [0.25, 0.3) is 11.6 Å². The standard InChI is InChI=1S/C11H16N4O3S/c1-3-7(6-19-2)14-11(16)8-4-10(12)13-5-9(8)15(17)18/h4-5,7H,3,6H2,1-2H3,(H2,12,13)(H,14,16). The van der Waals surface area contributed by atoms with Gasteiger partial charge in [0, 0.05) is 11.8 Å². The third kappa shape index (κ3) is 4.09. The van der Waals surface area contributed by atoms with Crippen molar-refractivity contribution in [2.45, 2.75) is 19.4 Å². The fraction of sp³-hybridized carbons (Fsp3) is 0.455. The number of rotatable bonds is 6. The molecule has 1 aromatic rings. The zero-order valence-corrected chi connectivity index (χ0v) is 11.6. The Kier molecular flexibility index (Phi) is 5.56. The van der Waals surface area contributed by atoms with Crippen molar-refractivity contribution in [2.75, 3.05) is 17.7 Å². The lowest BCUT2D eigenvalue weighted by Crippen LogP contribution is -2.36. The summed E-state index contributed by atoms with van der Waals surface area (Å²) in [5, 5.41) is 13.6. The van der Waals surface area contributed by atoms with Crippen molar-refractivity contribution in [3.05, 3.63) is 27.9 Å². The van der Waals surface area contributed by atoms with E-state index in [1.807, 2.05) is 13.2 Å². The number of thioether (sulfide) groups is 1. The molecule has 1 unspecified atom stereocenters.